The van der Waals surface area contributed by atoms with E-state index in [1.54, 1.807) is 61.8 Å². The van der Waals surface area contributed by atoms with Gasteiger partial charge in [-0.25, -0.2) is 27.7 Å². The van der Waals surface area contributed by atoms with Crippen LogP contribution in [0.2, 0.25) is 5.02 Å². The second kappa shape index (κ2) is 17.2. The number of fused-ring (bicyclic) bond motifs is 2. The largest absolute Gasteiger partial charge is 0.463 e. The van der Waals surface area contributed by atoms with Gasteiger partial charge in [0.05, 0.1) is 34.3 Å². The maximum atomic E-state index is 17.6. The molecule has 7 rings (SSSR count). The van der Waals surface area contributed by atoms with E-state index < -0.39 is 29.5 Å². The SMILES string of the molecule is C/C=C\c1c(Cl)cc2c(cnn2C2CCCCO2)c1-c1c(F)cc2c(N3CCCCCN3C(=O)OC(C)(C)C)nc(OC[C@@H]3CCCNC[C@H](F)C3)nc2c1F. The van der Waals surface area contributed by atoms with E-state index in [0.717, 1.165) is 32.1 Å². The van der Waals surface area contributed by atoms with Gasteiger partial charge in [0.1, 0.15) is 23.1 Å². The van der Waals surface area contributed by atoms with E-state index in [-0.39, 0.29) is 70.6 Å². The second-order valence-corrected chi connectivity index (χ2v) is 16.3. The Kier molecular flexibility index (Phi) is 12.3. The number of benzene rings is 2. The number of nitrogens with one attached hydrogen (secondary N) is 1. The van der Waals surface area contributed by atoms with E-state index in [1.165, 1.54) is 11.1 Å². The molecule has 56 heavy (non-hydrogen) atoms. The molecular weight excluding hydrogens is 747 g/mol. The van der Waals surface area contributed by atoms with Crippen LogP contribution < -0.4 is 15.1 Å². The highest BCUT2D eigenvalue weighted by Crippen LogP contribution is 2.44. The number of halogens is 4. The molecule has 0 spiro atoms. The van der Waals surface area contributed by atoms with Crippen LogP contribution >= 0.6 is 11.6 Å². The van der Waals surface area contributed by atoms with Crippen molar-refractivity contribution in [1.29, 1.82) is 0 Å². The van der Waals surface area contributed by atoms with Gasteiger partial charge in [0.15, 0.2) is 17.9 Å². The Morgan fingerprint density at radius 3 is 2.64 bits per heavy atom. The summed E-state index contributed by atoms with van der Waals surface area (Å²) in [6.45, 7) is 9.39. The fourth-order valence-electron chi connectivity index (χ4n) is 7.91. The minimum atomic E-state index is -1.05. The molecule has 302 valence electrons. The average Bonchev–Trinajstić information content (AvgIpc) is 3.40. The van der Waals surface area contributed by atoms with Gasteiger partial charge in [-0.3, -0.25) is 5.01 Å². The lowest BCUT2D eigenvalue weighted by atomic mass is 9.93. The zero-order chi connectivity index (χ0) is 39.6. The summed E-state index contributed by atoms with van der Waals surface area (Å²) < 4.78 is 69.1. The molecule has 3 aliphatic heterocycles. The third kappa shape index (κ3) is 8.57. The standard InChI is InChI=1S/C41H51ClF3N7O4/c1-5-12-27-30(42)21-32-29(23-47-52(32)33-14-7-10-18-54-33)34(27)35-31(44)20-28-37(36(35)45)48-39(55-24-25-13-11-15-46-22-26(43)19-25)49-38(28)50-16-8-6-9-17-51(50)40(53)56-41(2,3)4/h5,12,20-21,23,25-26,33,46H,6-11,13-19,22,24H2,1-4H3/b12-5-/t25-,26-,33?/m1/s1. The monoisotopic (exact) mass is 797 g/mol. The number of aromatic nitrogens is 4. The summed E-state index contributed by atoms with van der Waals surface area (Å²) in [5.41, 5.74) is -0.135. The summed E-state index contributed by atoms with van der Waals surface area (Å²) in [5, 5.41) is 11.6. The van der Waals surface area contributed by atoms with Crippen molar-refractivity contribution in [3.05, 3.63) is 46.6 Å². The predicted octanol–water partition coefficient (Wildman–Crippen LogP) is 9.56. The number of rotatable bonds is 7. The van der Waals surface area contributed by atoms with Gasteiger partial charge in [0.2, 0.25) is 0 Å². The summed E-state index contributed by atoms with van der Waals surface area (Å²) >= 11 is 6.92. The lowest BCUT2D eigenvalue weighted by molar-refractivity contribution is -0.0366. The zero-order valence-electron chi connectivity index (χ0n) is 32.6. The Balaban J connectivity index is 1.41. The smallest absolute Gasteiger partial charge is 0.429 e. The van der Waals surface area contributed by atoms with Crippen LogP contribution in [-0.4, -0.2) is 82.0 Å². The van der Waals surface area contributed by atoms with Gasteiger partial charge in [0.25, 0.3) is 0 Å². The Hall–Kier alpha value is -4.14. The third-order valence-electron chi connectivity index (χ3n) is 10.5. The fraction of sp³-hybridized carbons (Fsp3) is 0.561. The fourth-order valence-corrected chi connectivity index (χ4v) is 8.17. The summed E-state index contributed by atoms with van der Waals surface area (Å²) in [6, 6.07) is 2.79. The Labute approximate surface area is 330 Å². The molecule has 11 nitrogen and oxygen atoms in total. The highest BCUT2D eigenvalue weighted by Gasteiger charge is 2.33. The van der Waals surface area contributed by atoms with Crippen LogP contribution in [0.1, 0.15) is 97.3 Å². The van der Waals surface area contributed by atoms with Gasteiger partial charge < -0.3 is 19.5 Å². The number of amides is 1. The molecule has 1 N–H and O–H groups in total. The lowest BCUT2D eigenvalue weighted by Gasteiger charge is -2.35. The van der Waals surface area contributed by atoms with Crippen molar-refractivity contribution in [2.75, 3.05) is 44.4 Å². The molecule has 0 aliphatic carbocycles. The molecule has 3 fully saturated rings. The van der Waals surface area contributed by atoms with Crippen LogP contribution in [0.25, 0.3) is 39.0 Å². The Morgan fingerprint density at radius 2 is 1.88 bits per heavy atom. The Bertz CT molecular complexity index is 2080. The van der Waals surface area contributed by atoms with Crippen LogP contribution in [0.15, 0.2) is 24.4 Å². The van der Waals surface area contributed by atoms with E-state index in [0.29, 0.717) is 62.0 Å². The minimum Gasteiger partial charge on any atom is -0.463 e. The number of carbonyl (C=O) groups excluding carboxylic acids is 1. The first-order valence-electron chi connectivity index (χ1n) is 19.8. The van der Waals surface area contributed by atoms with E-state index in [9.17, 15) is 9.18 Å². The maximum absolute atomic E-state index is 17.6. The van der Waals surface area contributed by atoms with Crippen LogP contribution in [0.5, 0.6) is 6.01 Å². The summed E-state index contributed by atoms with van der Waals surface area (Å²) in [7, 11) is 0. The first-order valence-corrected chi connectivity index (χ1v) is 20.2. The quantitative estimate of drug-likeness (QED) is 0.196. The molecule has 1 amide bonds. The number of allylic oxidation sites excluding steroid dienone is 1. The third-order valence-corrected chi connectivity index (χ3v) is 10.8. The number of alkyl halides is 1. The van der Waals surface area contributed by atoms with Gasteiger partial charge in [-0.05, 0) is 110 Å². The average molecular weight is 798 g/mol. The maximum Gasteiger partial charge on any atom is 0.429 e. The van der Waals surface area contributed by atoms with E-state index in [2.05, 4.69) is 15.4 Å². The normalized spacial score (nSPS) is 21.7. The van der Waals surface area contributed by atoms with Crippen molar-refractivity contribution in [1.82, 2.24) is 30.1 Å². The molecule has 3 saturated heterocycles. The molecular formula is C41H51ClF3N7O4. The van der Waals surface area contributed by atoms with Crippen LogP contribution in [0.3, 0.4) is 0 Å². The number of hydrogen-bond donors (Lipinski definition) is 1. The number of hydrogen-bond acceptors (Lipinski definition) is 9. The van der Waals surface area contributed by atoms with E-state index >= 15 is 8.78 Å². The van der Waals surface area contributed by atoms with Crippen LogP contribution in [-0.2, 0) is 9.47 Å². The summed E-state index contributed by atoms with van der Waals surface area (Å²) in [5.74, 6) is -1.86. The van der Waals surface area contributed by atoms with E-state index in [4.69, 9.17) is 30.8 Å². The molecule has 2 aromatic heterocycles. The Morgan fingerprint density at radius 1 is 1.05 bits per heavy atom. The first kappa shape index (κ1) is 40.1. The number of carbonyl (C=O) groups is 1. The number of hydrazine groups is 1. The molecule has 0 saturated carbocycles. The zero-order valence-corrected chi connectivity index (χ0v) is 33.3. The molecule has 0 bridgehead atoms. The van der Waals surface area contributed by atoms with Crippen molar-refractivity contribution < 1.29 is 32.2 Å². The van der Waals surface area contributed by atoms with Crippen LogP contribution in [0, 0.1) is 17.6 Å². The summed E-state index contributed by atoms with van der Waals surface area (Å²) in [6.07, 6.45) is 9.72. The number of anilines is 1. The van der Waals surface area contributed by atoms with E-state index in [1.807, 2.05) is 0 Å². The topological polar surface area (TPSA) is 107 Å². The number of ether oxygens (including phenoxy) is 3. The van der Waals surface area contributed by atoms with Gasteiger partial charge in [-0.2, -0.15) is 15.1 Å². The molecule has 3 aliphatic rings. The van der Waals surface area contributed by atoms with Crippen molar-refractivity contribution in [2.24, 2.45) is 5.92 Å². The van der Waals surface area contributed by atoms with Crippen LogP contribution in [0.4, 0.5) is 23.8 Å². The highest BCUT2D eigenvalue weighted by atomic mass is 35.5. The van der Waals surface area contributed by atoms with Crippen molar-refractivity contribution >= 4 is 51.4 Å². The van der Waals surface area contributed by atoms with Gasteiger partial charge in [-0.1, -0.05) is 23.8 Å². The minimum absolute atomic E-state index is 0.0459. The molecule has 4 aromatic rings. The second-order valence-electron chi connectivity index (χ2n) is 15.9. The lowest BCUT2D eigenvalue weighted by Crippen LogP contribution is -2.49. The molecule has 3 atom stereocenters. The highest BCUT2D eigenvalue weighted by molar-refractivity contribution is 6.34. The van der Waals surface area contributed by atoms with Crippen molar-refractivity contribution in [3.8, 4) is 17.1 Å². The van der Waals surface area contributed by atoms with Crippen molar-refractivity contribution in [2.45, 2.75) is 103 Å². The van der Waals surface area contributed by atoms with Crippen molar-refractivity contribution in [3.63, 3.8) is 0 Å². The van der Waals surface area contributed by atoms with Gasteiger partial charge >= 0.3 is 12.1 Å². The molecule has 2 aromatic carbocycles. The summed E-state index contributed by atoms with van der Waals surface area (Å²) in [4.78, 5) is 23.0. The van der Waals surface area contributed by atoms with Gasteiger partial charge in [-0.15, -0.1) is 0 Å². The molecule has 5 heterocycles. The molecule has 0 radical (unpaired) electrons. The predicted molar refractivity (Wildman–Crippen MR) is 211 cm³/mol. The van der Waals surface area contributed by atoms with Gasteiger partial charge in [0, 0.05) is 42.8 Å². The molecule has 15 heteroatoms. The number of nitrogens with zero attached hydrogens (tertiary/aromatic N) is 6. The first-order chi connectivity index (χ1) is 26.9. The molecule has 1 unspecified atom stereocenters.